The first-order chi connectivity index (χ1) is 15.0. The number of nitrogens with zero attached hydrogens (tertiary/aromatic N) is 4. The summed E-state index contributed by atoms with van der Waals surface area (Å²) in [5.74, 6) is 1.02. The summed E-state index contributed by atoms with van der Waals surface area (Å²) in [7, 11) is 1.77. The molecule has 1 aliphatic rings. The molecule has 0 spiro atoms. The molecule has 1 aliphatic heterocycles. The van der Waals surface area contributed by atoms with E-state index in [0.29, 0.717) is 11.8 Å². The van der Waals surface area contributed by atoms with Gasteiger partial charge >= 0.3 is 0 Å². The molecule has 0 atom stereocenters. The van der Waals surface area contributed by atoms with Gasteiger partial charge in [0.15, 0.2) is 5.65 Å². The molecule has 1 N–H and O–H groups in total. The number of aromatic amines is 1. The molecule has 6 heteroatoms. The number of methoxy groups -OCH3 is 1. The second-order valence-corrected chi connectivity index (χ2v) is 9.18. The molecule has 162 valence electrons. The Morgan fingerprint density at radius 3 is 2.74 bits per heavy atom. The maximum Gasteiger partial charge on any atom is 0.163 e. The predicted molar refractivity (Wildman–Crippen MR) is 125 cm³/mol. The van der Waals surface area contributed by atoms with Crippen molar-refractivity contribution in [1.82, 2.24) is 24.5 Å². The van der Waals surface area contributed by atoms with Crippen LogP contribution in [0.3, 0.4) is 0 Å². The molecule has 31 heavy (non-hydrogen) atoms. The molecule has 1 fully saturated rings. The monoisotopic (exact) mass is 417 g/mol. The van der Waals surface area contributed by atoms with Crippen LogP contribution in [0.15, 0.2) is 30.7 Å². The lowest BCUT2D eigenvalue weighted by Gasteiger charge is -2.39. The Morgan fingerprint density at radius 1 is 1.19 bits per heavy atom. The summed E-state index contributed by atoms with van der Waals surface area (Å²) in [6.45, 7) is 12.9. The van der Waals surface area contributed by atoms with Crippen molar-refractivity contribution in [3.05, 3.63) is 53.0 Å². The molecule has 0 amide bonds. The number of ether oxygens (including phenoxy) is 1. The van der Waals surface area contributed by atoms with E-state index >= 15 is 0 Å². The van der Waals surface area contributed by atoms with Crippen LogP contribution in [-0.2, 0) is 4.74 Å². The Kier molecular flexibility index (Phi) is 5.07. The highest BCUT2D eigenvalue weighted by Crippen LogP contribution is 2.39. The number of likely N-dealkylation sites (tertiary alicyclic amines) is 1. The maximum atomic E-state index is 5.22. The van der Waals surface area contributed by atoms with Crippen LogP contribution >= 0.6 is 0 Å². The van der Waals surface area contributed by atoms with Crippen LogP contribution in [0.1, 0.15) is 47.9 Å². The Hall–Kier alpha value is -2.70. The molecule has 3 aromatic heterocycles. The molecule has 4 aromatic rings. The Balaban J connectivity index is 1.57. The summed E-state index contributed by atoms with van der Waals surface area (Å²) in [5.41, 5.74) is 9.83. The Labute approximate surface area is 183 Å². The molecule has 1 saturated heterocycles. The minimum atomic E-state index is 0.412. The van der Waals surface area contributed by atoms with Crippen molar-refractivity contribution in [3.8, 4) is 11.3 Å². The first-order valence-corrected chi connectivity index (χ1v) is 11.1. The lowest BCUT2D eigenvalue weighted by atomic mass is 9.88. The van der Waals surface area contributed by atoms with Gasteiger partial charge in [-0.25, -0.2) is 0 Å². The van der Waals surface area contributed by atoms with Crippen LogP contribution in [0.2, 0.25) is 0 Å². The van der Waals surface area contributed by atoms with Gasteiger partial charge in [0, 0.05) is 55.3 Å². The number of H-pyrrole nitrogens is 1. The van der Waals surface area contributed by atoms with Gasteiger partial charge in [0.2, 0.25) is 0 Å². The Morgan fingerprint density at radius 2 is 2.00 bits per heavy atom. The number of pyridine rings is 1. The number of benzene rings is 1. The van der Waals surface area contributed by atoms with Crippen LogP contribution in [0.4, 0.5) is 0 Å². The number of fused-ring (bicyclic) bond motifs is 2. The third-order valence-electron chi connectivity index (χ3n) is 6.89. The van der Waals surface area contributed by atoms with E-state index in [1.54, 1.807) is 13.4 Å². The van der Waals surface area contributed by atoms with Gasteiger partial charge in [-0.1, -0.05) is 19.9 Å². The van der Waals surface area contributed by atoms with E-state index in [0.717, 1.165) is 31.9 Å². The SMILES string of the molecule is COCCN1CC(c2ccc3[nH]c(-c4cn5cnnc5c(C)c4C)c(C(C)C)c3c2)C1. The van der Waals surface area contributed by atoms with E-state index in [4.69, 9.17) is 4.74 Å². The molecule has 1 aromatic carbocycles. The van der Waals surface area contributed by atoms with Crippen molar-refractivity contribution in [3.63, 3.8) is 0 Å². The highest BCUT2D eigenvalue weighted by atomic mass is 16.5. The largest absolute Gasteiger partial charge is 0.383 e. The second-order valence-electron chi connectivity index (χ2n) is 9.18. The van der Waals surface area contributed by atoms with Crippen molar-refractivity contribution in [2.75, 3.05) is 33.4 Å². The molecule has 6 nitrogen and oxygen atoms in total. The van der Waals surface area contributed by atoms with Crippen LogP contribution in [0.25, 0.3) is 27.8 Å². The third kappa shape index (κ3) is 3.34. The number of rotatable bonds is 6. The van der Waals surface area contributed by atoms with Crippen molar-refractivity contribution in [1.29, 1.82) is 0 Å². The number of nitrogens with one attached hydrogen (secondary N) is 1. The van der Waals surface area contributed by atoms with E-state index in [9.17, 15) is 0 Å². The number of hydrogen-bond donors (Lipinski definition) is 1. The smallest absolute Gasteiger partial charge is 0.163 e. The standard InChI is InChI=1S/C25H31N5O/c1-15(2)23-20-10-18(19-11-29(12-19)8-9-31-5)6-7-22(20)27-24(23)21-13-30-14-26-28-25(30)17(4)16(21)3/h6-7,10,13-15,19,27H,8-9,11-12H2,1-5H3. The lowest BCUT2D eigenvalue weighted by molar-refractivity contribution is 0.0943. The van der Waals surface area contributed by atoms with Gasteiger partial charge in [0.1, 0.15) is 6.33 Å². The quantitative estimate of drug-likeness (QED) is 0.496. The first-order valence-electron chi connectivity index (χ1n) is 11.1. The number of hydrogen-bond acceptors (Lipinski definition) is 4. The lowest BCUT2D eigenvalue weighted by Crippen LogP contribution is -2.46. The van der Waals surface area contributed by atoms with E-state index in [1.807, 2.05) is 4.40 Å². The van der Waals surface area contributed by atoms with Crippen LogP contribution in [-0.4, -0.2) is 57.8 Å². The fourth-order valence-electron chi connectivity index (χ4n) is 4.94. The zero-order valence-electron chi connectivity index (χ0n) is 19.1. The molecular weight excluding hydrogens is 386 g/mol. The van der Waals surface area contributed by atoms with Crippen LogP contribution in [0.5, 0.6) is 0 Å². The first kappa shape index (κ1) is 20.2. The minimum absolute atomic E-state index is 0.412. The summed E-state index contributed by atoms with van der Waals surface area (Å²) < 4.78 is 7.25. The summed E-state index contributed by atoms with van der Waals surface area (Å²) in [5, 5.41) is 9.72. The van der Waals surface area contributed by atoms with Crippen molar-refractivity contribution < 1.29 is 4.74 Å². The maximum absolute atomic E-state index is 5.22. The molecule has 5 rings (SSSR count). The number of aromatic nitrogens is 4. The fourth-order valence-corrected chi connectivity index (χ4v) is 4.94. The number of aryl methyl sites for hydroxylation is 1. The average molecular weight is 418 g/mol. The third-order valence-corrected chi connectivity index (χ3v) is 6.89. The molecule has 0 unspecified atom stereocenters. The molecule has 0 bridgehead atoms. The van der Waals surface area contributed by atoms with Crippen LogP contribution < -0.4 is 0 Å². The van der Waals surface area contributed by atoms with E-state index in [-0.39, 0.29) is 0 Å². The highest BCUT2D eigenvalue weighted by molar-refractivity contribution is 5.92. The fraction of sp³-hybridized carbons (Fsp3) is 0.440. The molecule has 0 radical (unpaired) electrons. The summed E-state index contributed by atoms with van der Waals surface area (Å²) in [6, 6.07) is 6.98. The van der Waals surface area contributed by atoms with Gasteiger partial charge in [-0.15, -0.1) is 10.2 Å². The van der Waals surface area contributed by atoms with Crippen molar-refractivity contribution in [2.24, 2.45) is 0 Å². The summed E-state index contributed by atoms with van der Waals surface area (Å²) in [4.78, 5) is 6.21. The van der Waals surface area contributed by atoms with Crippen LogP contribution in [0, 0.1) is 13.8 Å². The highest BCUT2D eigenvalue weighted by Gasteiger charge is 2.28. The molecular formula is C25H31N5O. The van der Waals surface area contributed by atoms with Gasteiger partial charge in [-0.05, 0) is 54.2 Å². The summed E-state index contributed by atoms with van der Waals surface area (Å²) >= 11 is 0. The van der Waals surface area contributed by atoms with E-state index < -0.39 is 0 Å². The zero-order valence-corrected chi connectivity index (χ0v) is 19.1. The molecule has 0 saturated carbocycles. The normalized spacial score (nSPS) is 15.4. The van der Waals surface area contributed by atoms with Crippen molar-refractivity contribution in [2.45, 2.75) is 39.5 Å². The van der Waals surface area contributed by atoms with Gasteiger partial charge < -0.3 is 9.72 Å². The second kappa shape index (κ2) is 7.77. The molecule has 4 heterocycles. The van der Waals surface area contributed by atoms with Gasteiger partial charge in [0.25, 0.3) is 0 Å². The molecule has 0 aliphatic carbocycles. The predicted octanol–water partition coefficient (Wildman–Crippen LogP) is 4.66. The van der Waals surface area contributed by atoms with E-state index in [1.165, 1.54) is 44.4 Å². The zero-order chi connectivity index (χ0) is 21.7. The van der Waals surface area contributed by atoms with Gasteiger partial charge in [-0.2, -0.15) is 0 Å². The topological polar surface area (TPSA) is 58.5 Å². The van der Waals surface area contributed by atoms with Gasteiger partial charge in [0.05, 0.1) is 12.3 Å². The Bertz CT molecular complexity index is 1250. The van der Waals surface area contributed by atoms with Crippen molar-refractivity contribution >= 4 is 16.6 Å². The summed E-state index contributed by atoms with van der Waals surface area (Å²) in [6.07, 6.45) is 3.95. The van der Waals surface area contributed by atoms with Gasteiger partial charge in [-0.3, -0.25) is 9.30 Å². The van der Waals surface area contributed by atoms with E-state index in [2.05, 4.69) is 72.2 Å². The minimum Gasteiger partial charge on any atom is -0.383 e. The average Bonchev–Trinajstić information content (AvgIpc) is 3.33.